The molecular formula is C17H13ClN2O3S. The van der Waals surface area contributed by atoms with Crippen LogP contribution in [0, 0.1) is 0 Å². The Kier molecular flexibility index (Phi) is 4.78. The van der Waals surface area contributed by atoms with Gasteiger partial charge in [0.1, 0.15) is 5.69 Å². The molecule has 3 aromatic rings. The highest BCUT2D eigenvalue weighted by molar-refractivity contribution is 7.13. The van der Waals surface area contributed by atoms with Gasteiger partial charge in [-0.2, -0.15) is 5.10 Å². The standard InChI is InChI=1S/C17H13ClN2O3S/c1-2-23-17(22)11-5-7-12(8-6-11)20-10-13(16(18)21)15(19-20)14-4-3-9-24-14/h3-10H,2H2,1H3. The summed E-state index contributed by atoms with van der Waals surface area (Å²) in [4.78, 5) is 24.2. The largest absolute Gasteiger partial charge is 0.462 e. The monoisotopic (exact) mass is 360 g/mol. The minimum Gasteiger partial charge on any atom is -0.462 e. The van der Waals surface area contributed by atoms with Crippen molar-refractivity contribution in [1.82, 2.24) is 9.78 Å². The number of rotatable bonds is 5. The zero-order chi connectivity index (χ0) is 17.1. The quantitative estimate of drug-likeness (QED) is 0.506. The number of aromatic nitrogens is 2. The first kappa shape index (κ1) is 16.4. The molecule has 0 aliphatic heterocycles. The first-order chi connectivity index (χ1) is 11.6. The van der Waals surface area contributed by atoms with Gasteiger partial charge in [-0.25, -0.2) is 9.48 Å². The number of nitrogens with zero attached hydrogens (tertiary/aromatic N) is 2. The van der Waals surface area contributed by atoms with E-state index in [2.05, 4.69) is 5.10 Å². The van der Waals surface area contributed by atoms with Gasteiger partial charge < -0.3 is 4.74 Å². The molecule has 2 aromatic heterocycles. The van der Waals surface area contributed by atoms with Gasteiger partial charge in [0.15, 0.2) is 0 Å². The molecule has 0 bridgehead atoms. The average molecular weight is 361 g/mol. The molecule has 0 aliphatic carbocycles. The summed E-state index contributed by atoms with van der Waals surface area (Å²) in [7, 11) is 0. The van der Waals surface area contributed by atoms with Crippen molar-refractivity contribution in [1.29, 1.82) is 0 Å². The molecule has 0 radical (unpaired) electrons. The second kappa shape index (κ2) is 6.98. The van der Waals surface area contributed by atoms with Crippen molar-refractivity contribution in [3.05, 3.63) is 59.1 Å². The van der Waals surface area contributed by atoms with Crippen molar-refractivity contribution in [2.75, 3.05) is 6.61 Å². The van der Waals surface area contributed by atoms with E-state index in [4.69, 9.17) is 16.3 Å². The molecule has 122 valence electrons. The summed E-state index contributed by atoms with van der Waals surface area (Å²) in [5.74, 6) is -0.375. The molecule has 0 N–H and O–H groups in total. The molecule has 0 saturated heterocycles. The van der Waals surface area contributed by atoms with Gasteiger partial charge in [0.05, 0.1) is 28.3 Å². The highest BCUT2D eigenvalue weighted by atomic mass is 35.5. The highest BCUT2D eigenvalue weighted by Gasteiger charge is 2.18. The summed E-state index contributed by atoms with van der Waals surface area (Å²) in [5.41, 5.74) is 2.05. The molecule has 5 nitrogen and oxygen atoms in total. The molecule has 0 aliphatic rings. The highest BCUT2D eigenvalue weighted by Crippen LogP contribution is 2.28. The van der Waals surface area contributed by atoms with Crippen LogP contribution >= 0.6 is 22.9 Å². The summed E-state index contributed by atoms with van der Waals surface area (Å²) in [6.45, 7) is 2.08. The van der Waals surface area contributed by atoms with E-state index >= 15 is 0 Å². The molecule has 0 unspecified atom stereocenters. The Balaban J connectivity index is 1.97. The Morgan fingerprint density at radius 2 is 2.00 bits per heavy atom. The molecule has 0 saturated carbocycles. The van der Waals surface area contributed by atoms with Gasteiger partial charge in [0.25, 0.3) is 5.24 Å². The predicted octanol–water partition coefficient (Wildman–Crippen LogP) is 4.16. The number of hydrogen-bond donors (Lipinski definition) is 0. The van der Waals surface area contributed by atoms with E-state index in [9.17, 15) is 9.59 Å². The van der Waals surface area contributed by atoms with Crippen LogP contribution in [0.4, 0.5) is 0 Å². The topological polar surface area (TPSA) is 61.2 Å². The Morgan fingerprint density at radius 3 is 2.58 bits per heavy atom. The Morgan fingerprint density at radius 1 is 1.25 bits per heavy atom. The van der Waals surface area contributed by atoms with E-state index in [1.54, 1.807) is 42.1 Å². The van der Waals surface area contributed by atoms with E-state index in [-0.39, 0.29) is 5.97 Å². The molecule has 0 amide bonds. The Bertz CT molecular complexity index is 870. The fourth-order valence-corrected chi connectivity index (χ4v) is 3.07. The molecule has 24 heavy (non-hydrogen) atoms. The number of halogens is 1. The lowest BCUT2D eigenvalue weighted by atomic mass is 10.2. The van der Waals surface area contributed by atoms with Crippen molar-refractivity contribution in [3.63, 3.8) is 0 Å². The van der Waals surface area contributed by atoms with E-state index in [1.807, 2.05) is 17.5 Å². The van der Waals surface area contributed by atoms with E-state index < -0.39 is 5.24 Å². The third kappa shape index (κ3) is 3.25. The molecule has 0 spiro atoms. The number of ether oxygens (including phenoxy) is 1. The maximum Gasteiger partial charge on any atom is 0.338 e. The van der Waals surface area contributed by atoms with Crippen LogP contribution in [0.25, 0.3) is 16.3 Å². The van der Waals surface area contributed by atoms with Crippen molar-refractivity contribution in [3.8, 4) is 16.3 Å². The van der Waals surface area contributed by atoms with Crippen LogP contribution in [-0.4, -0.2) is 27.6 Å². The van der Waals surface area contributed by atoms with Gasteiger partial charge in [0, 0.05) is 6.20 Å². The van der Waals surface area contributed by atoms with Crippen LogP contribution in [0.1, 0.15) is 27.6 Å². The fraction of sp³-hybridized carbons (Fsp3) is 0.118. The SMILES string of the molecule is CCOC(=O)c1ccc(-n2cc(C(=O)Cl)c(-c3cccs3)n2)cc1. The Labute approximate surface area is 147 Å². The number of carbonyl (C=O) groups is 2. The number of benzene rings is 1. The summed E-state index contributed by atoms with van der Waals surface area (Å²) in [5, 5.41) is 5.81. The van der Waals surface area contributed by atoms with Gasteiger partial charge in [-0.1, -0.05) is 6.07 Å². The second-order valence-electron chi connectivity index (χ2n) is 4.85. The van der Waals surface area contributed by atoms with Crippen molar-refractivity contribution in [2.45, 2.75) is 6.92 Å². The summed E-state index contributed by atoms with van der Waals surface area (Å²) in [6.07, 6.45) is 1.59. The first-order valence-electron chi connectivity index (χ1n) is 7.21. The third-order valence-electron chi connectivity index (χ3n) is 3.32. The predicted molar refractivity (Wildman–Crippen MR) is 93.0 cm³/mol. The van der Waals surface area contributed by atoms with Gasteiger partial charge in [-0.05, 0) is 54.2 Å². The molecule has 7 heteroatoms. The lowest BCUT2D eigenvalue weighted by Crippen LogP contribution is -2.04. The van der Waals surface area contributed by atoms with E-state index in [0.29, 0.717) is 29.1 Å². The number of thiophene rings is 1. The van der Waals surface area contributed by atoms with E-state index in [1.165, 1.54) is 11.3 Å². The van der Waals surface area contributed by atoms with Crippen molar-refractivity contribution in [2.24, 2.45) is 0 Å². The van der Waals surface area contributed by atoms with Crippen LogP contribution in [0.3, 0.4) is 0 Å². The molecular weight excluding hydrogens is 348 g/mol. The van der Waals surface area contributed by atoms with E-state index in [0.717, 1.165) is 4.88 Å². The smallest absolute Gasteiger partial charge is 0.338 e. The Hall–Kier alpha value is -2.44. The van der Waals surface area contributed by atoms with Crippen LogP contribution in [0.2, 0.25) is 0 Å². The van der Waals surface area contributed by atoms with Crippen LogP contribution < -0.4 is 0 Å². The molecule has 1 aromatic carbocycles. The molecule has 3 rings (SSSR count). The van der Waals surface area contributed by atoms with Gasteiger partial charge in [-0.3, -0.25) is 4.79 Å². The number of hydrogen-bond acceptors (Lipinski definition) is 5. The molecule has 0 atom stereocenters. The minimum atomic E-state index is -0.562. The van der Waals surface area contributed by atoms with Gasteiger partial charge in [-0.15, -0.1) is 11.3 Å². The lowest BCUT2D eigenvalue weighted by molar-refractivity contribution is 0.0526. The normalized spacial score (nSPS) is 10.6. The zero-order valence-electron chi connectivity index (χ0n) is 12.7. The number of carbonyl (C=O) groups excluding carboxylic acids is 2. The molecule has 0 fully saturated rings. The lowest BCUT2D eigenvalue weighted by Gasteiger charge is -2.04. The maximum atomic E-state index is 11.7. The second-order valence-corrected chi connectivity index (χ2v) is 6.15. The summed E-state index contributed by atoms with van der Waals surface area (Å²) < 4.78 is 6.52. The summed E-state index contributed by atoms with van der Waals surface area (Å²) in [6, 6.07) is 10.5. The van der Waals surface area contributed by atoms with Crippen LogP contribution in [0.15, 0.2) is 48.0 Å². The number of esters is 1. The third-order valence-corrected chi connectivity index (χ3v) is 4.40. The minimum absolute atomic E-state index is 0.325. The van der Waals surface area contributed by atoms with Gasteiger partial charge >= 0.3 is 5.97 Å². The van der Waals surface area contributed by atoms with Crippen LogP contribution in [0.5, 0.6) is 0 Å². The zero-order valence-corrected chi connectivity index (χ0v) is 14.3. The first-order valence-corrected chi connectivity index (χ1v) is 8.47. The van der Waals surface area contributed by atoms with Crippen molar-refractivity contribution >= 4 is 34.1 Å². The maximum absolute atomic E-state index is 11.7. The fourth-order valence-electron chi connectivity index (χ4n) is 2.21. The molecule has 2 heterocycles. The summed E-state index contributed by atoms with van der Waals surface area (Å²) >= 11 is 7.16. The average Bonchev–Trinajstić information content (AvgIpc) is 3.24. The van der Waals surface area contributed by atoms with Crippen LogP contribution in [-0.2, 0) is 4.74 Å². The van der Waals surface area contributed by atoms with Gasteiger partial charge in [0.2, 0.25) is 0 Å². The van der Waals surface area contributed by atoms with Crippen molar-refractivity contribution < 1.29 is 14.3 Å².